The molecule has 0 bridgehead atoms. The summed E-state index contributed by atoms with van der Waals surface area (Å²) in [6.07, 6.45) is 3.70. The van der Waals surface area contributed by atoms with E-state index in [1.807, 2.05) is 6.92 Å². The quantitative estimate of drug-likeness (QED) is 0.848. The van der Waals surface area contributed by atoms with Crippen molar-refractivity contribution >= 4 is 6.03 Å². The van der Waals surface area contributed by atoms with Gasteiger partial charge in [-0.3, -0.25) is 0 Å². The molecule has 8 heteroatoms. The molecule has 8 nitrogen and oxygen atoms in total. The third kappa shape index (κ3) is 4.24. The van der Waals surface area contributed by atoms with Crippen LogP contribution < -0.4 is 10.6 Å². The van der Waals surface area contributed by atoms with Crippen LogP contribution in [-0.2, 0) is 9.47 Å². The smallest absolute Gasteiger partial charge is 0.315 e. The predicted molar refractivity (Wildman–Crippen MR) is 85.4 cm³/mol. The molecule has 2 fully saturated rings. The summed E-state index contributed by atoms with van der Waals surface area (Å²) in [5.41, 5.74) is -0.271. The van der Waals surface area contributed by atoms with Gasteiger partial charge in [-0.2, -0.15) is 4.98 Å². The molecule has 0 aliphatic carbocycles. The van der Waals surface area contributed by atoms with Crippen molar-refractivity contribution in [1.29, 1.82) is 0 Å². The summed E-state index contributed by atoms with van der Waals surface area (Å²) in [5.74, 6) is 1.25. The number of ether oxygens (including phenoxy) is 2. The predicted octanol–water partition coefficient (Wildman–Crippen LogP) is 1.71. The Balaban J connectivity index is 1.61. The molecule has 0 aromatic carbocycles. The summed E-state index contributed by atoms with van der Waals surface area (Å²) >= 11 is 0. The third-order valence-electron chi connectivity index (χ3n) is 4.76. The first-order valence-electron chi connectivity index (χ1n) is 8.62. The minimum absolute atomic E-state index is 0.225. The summed E-state index contributed by atoms with van der Waals surface area (Å²) in [6, 6.07) is -0.536. The first-order valence-corrected chi connectivity index (χ1v) is 8.62. The van der Waals surface area contributed by atoms with E-state index in [0.29, 0.717) is 31.5 Å². The number of urea groups is 1. The highest BCUT2D eigenvalue weighted by Crippen LogP contribution is 2.29. The second-order valence-corrected chi connectivity index (χ2v) is 6.84. The summed E-state index contributed by atoms with van der Waals surface area (Å²) < 4.78 is 16.4. The van der Waals surface area contributed by atoms with E-state index in [1.165, 1.54) is 0 Å². The first kappa shape index (κ1) is 17.2. The molecule has 2 amide bonds. The van der Waals surface area contributed by atoms with Gasteiger partial charge in [-0.05, 0) is 45.4 Å². The van der Waals surface area contributed by atoms with Crippen LogP contribution >= 0.6 is 0 Å². The number of nitrogens with one attached hydrogen (secondary N) is 2. The van der Waals surface area contributed by atoms with Crippen LogP contribution in [0, 0.1) is 12.8 Å². The average molecular weight is 338 g/mol. The van der Waals surface area contributed by atoms with Crippen LogP contribution in [0.5, 0.6) is 0 Å². The lowest BCUT2D eigenvalue weighted by molar-refractivity contribution is 0.0224. The molecule has 0 unspecified atom stereocenters. The maximum absolute atomic E-state index is 12.4. The van der Waals surface area contributed by atoms with Crippen LogP contribution in [0.2, 0.25) is 0 Å². The SMILES string of the molecule is Cc1noc([C@@H](NC(=O)NC[C@@]2(C)CCCO2)C2CCOCC2)n1. The molecular formula is C16H26N4O4. The van der Waals surface area contributed by atoms with Crippen molar-refractivity contribution in [3.05, 3.63) is 11.7 Å². The van der Waals surface area contributed by atoms with E-state index in [-0.39, 0.29) is 23.6 Å². The lowest BCUT2D eigenvalue weighted by Crippen LogP contribution is -2.47. The summed E-state index contributed by atoms with van der Waals surface area (Å²) in [4.78, 5) is 16.7. The molecule has 2 aliphatic rings. The van der Waals surface area contributed by atoms with Crippen LogP contribution in [0.1, 0.15) is 50.4 Å². The molecule has 1 aromatic heterocycles. The summed E-state index contributed by atoms with van der Waals surface area (Å²) in [7, 11) is 0. The fourth-order valence-corrected chi connectivity index (χ4v) is 3.31. The Morgan fingerprint density at radius 3 is 2.79 bits per heavy atom. The van der Waals surface area contributed by atoms with Gasteiger partial charge < -0.3 is 24.6 Å². The Morgan fingerprint density at radius 1 is 1.38 bits per heavy atom. The van der Waals surface area contributed by atoms with Crippen molar-refractivity contribution in [2.45, 2.75) is 51.2 Å². The first-order chi connectivity index (χ1) is 11.6. The second-order valence-electron chi connectivity index (χ2n) is 6.84. The Bertz CT molecular complexity index is 550. The van der Waals surface area contributed by atoms with Gasteiger partial charge in [0.25, 0.3) is 0 Å². The molecule has 2 saturated heterocycles. The average Bonchev–Trinajstić information content (AvgIpc) is 3.21. The number of rotatable bonds is 5. The molecule has 2 N–H and O–H groups in total. The number of aryl methyl sites for hydroxylation is 1. The van der Waals surface area contributed by atoms with Crippen LogP contribution in [0.4, 0.5) is 4.79 Å². The number of carbonyl (C=O) groups excluding carboxylic acids is 1. The van der Waals surface area contributed by atoms with Crippen molar-refractivity contribution in [3.63, 3.8) is 0 Å². The van der Waals surface area contributed by atoms with Crippen molar-refractivity contribution < 1.29 is 18.8 Å². The van der Waals surface area contributed by atoms with Crippen LogP contribution in [0.15, 0.2) is 4.52 Å². The zero-order chi connectivity index (χ0) is 17.0. The zero-order valence-corrected chi connectivity index (χ0v) is 14.3. The van der Waals surface area contributed by atoms with Crippen LogP contribution in [0.3, 0.4) is 0 Å². The van der Waals surface area contributed by atoms with Gasteiger partial charge in [-0.1, -0.05) is 5.16 Å². The highest BCUT2D eigenvalue weighted by atomic mass is 16.5. The molecule has 0 saturated carbocycles. The van der Waals surface area contributed by atoms with E-state index < -0.39 is 0 Å². The molecule has 0 spiro atoms. The van der Waals surface area contributed by atoms with Gasteiger partial charge in [0.2, 0.25) is 5.89 Å². The number of amides is 2. The molecule has 2 atom stereocenters. The van der Waals surface area contributed by atoms with Crippen molar-refractivity contribution in [3.8, 4) is 0 Å². The van der Waals surface area contributed by atoms with Gasteiger partial charge >= 0.3 is 6.03 Å². The molecule has 3 rings (SSSR count). The third-order valence-corrected chi connectivity index (χ3v) is 4.76. The largest absolute Gasteiger partial charge is 0.381 e. The van der Waals surface area contributed by atoms with Gasteiger partial charge in [0, 0.05) is 26.4 Å². The van der Waals surface area contributed by atoms with Crippen molar-refractivity contribution in [1.82, 2.24) is 20.8 Å². The number of aromatic nitrogens is 2. The van der Waals surface area contributed by atoms with Gasteiger partial charge in [-0.15, -0.1) is 0 Å². The Labute approximate surface area is 141 Å². The summed E-state index contributed by atoms with van der Waals surface area (Å²) in [6.45, 7) is 6.41. The van der Waals surface area contributed by atoms with Crippen molar-refractivity contribution in [2.24, 2.45) is 5.92 Å². The lowest BCUT2D eigenvalue weighted by atomic mass is 9.91. The minimum Gasteiger partial charge on any atom is -0.381 e. The number of hydrogen-bond donors (Lipinski definition) is 2. The fourth-order valence-electron chi connectivity index (χ4n) is 3.31. The second kappa shape index (κ2) is 7.48. The Morgan fingerprint density at radius 2 is 2.17 bits per heavy atom. The molecule has 134 valence electrons. The molecular weight excluding hydrogens is 312 g/mol. The van der Waals surface area contributed by atoms with E-state index in [4.69, 9.17) is 14.0 Å². The van der Waals surface area contributed by atoms with Crippen LogP contribution in [0.25, 0.3) is 0 Å². The van der Waals surface area contributed by atoms with E-state index >= 15 is 0 Å². The normalized spacial score (nSPS) is 26.2. The van der Waals surface area contributed by atoms with Gasteiger partial charge in [-0.25, -0.2) is 4.79 Å². The molecule has 0 radical (unpaired) electrons. The standard InChI is InChI=1S/C16H26N4O4/c1-11-18-14(24-20-11)13(12-4-8-22-9-5-12)19-15(21)17-10-16(2)6-3-7-23-16/h12-13H,3-10H2,1-2H3,(H2,17,19,21)/t13-,16+/m0/s1. The van der Waals surface area contributed by atoms with Gasteiger partial charge in [0.05, 0.1) is 5.60 Å². The number of nitrogens with zero attached hydrogens (tertiary/aromatic N) is 2. The minimum atomic E-state index is -0.299. The van der Waals surface area contributed by atoms with Crippen LogP contribution in [-0.4, -0.2) is 48.1 Å². The topological polar surface area (TPSA) is 98.5 Å². The fraction of sp³-hybridized carbons (Fsp3) is 0.812. The van der Waals surface area contributed by atoms with Gasteiger partial charge in [0.1, 0.15) is 6.04 Å². The molecule has 2 aliphatic heterocycles. The van der Waals surface area contributed by atoms with E-state index in [1.54, 1.807) is 6.92 Å². The van der Waals surface area contributed by atoms with Gasteiger partial charge in [0.15, 0.2) is 5.82 Å². The number of hydrogen-bond acceptors (Lipinski definition) is 6. The monoisotopic (exact) mass is 338 g/mol. The lowest BCUT2D eigenvalue weighted by Gasteiger charge is -2.29. The highest BCUT2D eigenvalue weighted by Gasteiger charge is 2.33. The Hall–Kier alpha value is -1.67. The van der Waals surface area contributed by atoms with E-state index in [0.717, 1.165) is 32.3 Å². The molecule has 3 heterocycles. The maximum atomic E-state index is 12.4. The maximum Gasteiger partial charge on any atom is 0.315 e. The number of carbonyl (C=O) groups is 1. The summed E-state index contributed by atoms with van der Waals surface area (Å²) in [5, 5.41) is 9.77. The zero-order valence-electron chi connectivity index (χ0n) is 14.3. The Kier molecular flexibility index (Phi) is 5.35. The van der Waals surface area contributed by atoms with E-state index in [2.05, 4.69) is 20.8 Å². The highest BCUT2D eigenvalue weighted by molar-refractivity contribution is 5.74. The van der Waals surface area contributed by atoms with Crippen molar-refractivity contribution in [2.75, 3.05) is 26.4 Å². The van der Waals surface area contributed by atoms with E-state index in [9.17, 15) is 4.79 Å². The molecule has 1 aromatic rings. The molecule has 24 heavy (non-hydrogen) atoms.